The van der Waals surface area contributed by atoms with E-state index >= 15 is 0 Å². The molecule has 1 fully saturated rings. The van der Waals surface area contributed by atoms with E-state index in [1.54, 1.807) is 35.6 Å². The molecule has 1 aliphatic rings. The molecule has 0 spiro atoms. The summed E-state index contributed by atoms with van der Waals surface area (Å²) in [6, 6.07) is 13.1. The van der Waals surface area contributed by atoms with Crippen LogP contribution in [-0.4, -0.2) is 51.7 Å². The minimum atomic E-state index is -0.689. The number of aromatic nitrogens is 3. The summed E-state index contributed by atoms with van der Waals surface area (Å²) in [4.78, 5) is 40.7. The lowest BCUT2D eigenvalue weighted by molar-refractivity contribution is 0.0561. The largest absolute Gasteiger partial charge is 0.443 e. The molecule has 1 saturated heterocycles. The normalized spacial score (nSPS) is 15.7. The second-order valence-corrected chi connectivity index (χ2v) is 10.4. The lowest BCUT2D eigenvalue weighted by Crippen LogP contribution is -2.50. The summed E-state index contributed by atoms with van der Waals surface area (Å²) in [5, 5.41) is 7.06. The van der Waals surface area contributed by atoms with Crippen molar-refractivity contribution >= 4 is 34.4 Å². The molecule has 9 nitrogen and oxygen atoms in total. The Kier molecular flexibility index (Phi) is 7.11. The first-order chi connectivity index (χ1) is 18.3. The molecule has 1 aromatic carbocycles. The Labute approximate surface area is 221 Å². The number of aromatic amines is 1. The number of fused-ring (bicyclic) bond motifs is 1. The van der Waals surface area contributed by atoms with Crippen molar-refractivity contribution in [1.82, 2.24) is 20.3 Å². The summed E-state index contributed by atoms with van der Waals surface area (Å²) in [5.74, 6) is -0.307. The van der Waals surface area contributed by atoms with E-state index < -0.39 is 11.7 Å². The van der Waals surface area contributed by atoms with Gasteiger partial charge in [0.25, 0.3) is 5.91 Å². The molecule has 0 aliphatic carbocycles. The van der Waals surface area contributed by atoms with Gasteiger partial charge in [-0.15, -0.1) is 0 Å². The number of piperidine rings is 1. The second-order valence-electron chi connectivity index (χ2n) is 10.4. The highest BCUT2D eigenvalue weighted by Crippen LogP contribution is 2.42. The van der Waals surface area contributed by atoms with Crippen molar-refractivity contribution < 1.29 is 14.3 Å². The van der Waals surface area contributed by atoms with Crippen molar-refractivity contribution in [3.8, 4) is 11.1 Å². The number of amides is 2. The summed E-state index contributed by atoms with van der Waals surface area (Å²) in [6.45, 7) is 7.10. The Morgan fingerprint density at radius 2 is 1.92 bits per heavy atom. The summed E-state index contributed by atoms with van der Waals surface area (Å²) in [6.07, 6.45) is 7.90. The number of ether oxygens (including phenoxy) is 1. The van der Waals surface area contributed by atoms with Gasteiger partial charge in [0.1, 0.15) is 11.2 Å². The van der Waals surface area contributed by atoms with Crippen molar-refractivity contribution in [2.75, 3.05) is 23.3 Å². The molecule has 4 heterocycles. The van der Waals surface area contributed by atoms with E-state index in [9.17, 15) is 9.59 Å². The van der Waals surface area contributed by atoms with Gasteiger partial charge in [0, 0.05) is 36.9 Å². The Morgan fingerprint density at radius 3 is 2.61 bits per heavy atom. The van der Waals surface area contributed by atoms with Crippen LogP contribution in [0.4, 0.5) is 16.2 Å². The topological polar surface area (TPSA) is 112 Å². The second kappa shape index (κ2) is 10.6. The minimum absolute atomic E-state index is 0.150. The number of carbonyl (C=O) groups is 2. The summed E-state index contributed by atoms with van der Waals surface area (Å²) in [7, 11) is 0. The molecule has 0 radical (unpaired) electrons. The first kappa shape index (κ1) is 25.4. The van der Waals surface area contributed by atoms with E-state index in [4.69, 9.17) is 4.74 Å². The van der Waals surface area contributed by atoms with Crippen LogP contribution >= 0.6 is 0 Å². The highest BCUT2D eigenvalue weighted by molar-refractivity contribution is 6.15. The van der Waals surface area contributed by atoms with Crippen molar-refractivity contribution in [2.24, 2.45) is 0 Å². The molecule has 1 atom stereocenters. The van der Waals surface area contributed by atoms with Crippen molar-refractivity contribution in [2.45, 2.75) is 45.3 Å². The number of rotatable bonds is 5. The quantitative estimate of drug-likeness (QED) is 0.331. The number of H-pyrrole nitrogens is 1. The van der Waals surface area contributed by atoms with Crippen LogP contribution in [0.2, 0.25) is 0 Å². The highest BCUT2D eigenvalue weighted by Gasteiger charge is 2.35. The maximum atomic E-state index is 13.9. The lowest BCUT2D eigenvalue weighted by Gasteiger charge is -2.37. The first-order valence-corrected chi connectivity index (χ1v) is 12.8. The van der Waals surface area contributed by atoms with E-state index in [1.807, 2.05) is 51.1 Å². The average Bonchev–Trinajstić information content (AvgIpc) is 3.32. The molecule has 9 heteroatoms. The summed E-state index contributed by atoms with van der Waals surface area (Å²) >= 11 is 0. The van der Waals surface area contributed by atoms with Gasteiger partial charge in [-0.1, -0.05) is 30.3 Å². The molecule has 0 saturated carbocycles. The monoisotopic (exact) mass is 512 g/mol. The maximum Gasteiger partial charge on any atom is 0.415 e. The Morgan fingerprint density at radius 1 is 1.11 bits per heavy atom. The van der Waals surface area contributed by atoms with Crippen LogP contribution in [0.5, 0.6) is 0 Å². The van der Waals surface area contributed by atoms with Gasteiger partial charge in [0.05, 0.1) is 28.4 Å². The number of carbonyl (C=O) groups excluding carboxylic acids is 2. The van der Waals surface area contributed by atoms with Gasteiger partial charge in [-0.25, -0.2) is 9.78 Å². The number of anilines is 2. The third kappa shape index (κ3) is 5.38. The van der Waals surface area contributed by atoms with Crippen molar-refractivity contribution in [3.63, 3.8) is 0 Å². The van der Waals surface area contributed by atoms with Gasteiger partial charge in [-0.2, -0.15) is 0 Å². The predicted molar refractivity (Wildman–Crippen MR) is 148 cm³/mol. The highest BCUT2D eigenvalue weighted by atomic mass is 16.6. The van der Waals surface area contributed by atoms with Crippen LogP contribution in [0.1, 0.15) is 44.0 Å². The van der Waals surface area contributed by atoms with E-state index in [0.717, 1.165) is 30.5 Å². The van der Waals surface area contributed by atoms with E-state index in [2.05, 4.69) is 25.6 Å². The van der Waals surface area contributed by atoms with Crippen LogP contribution in [-0.2, 0) is 4.74 Å². The molecule has 38 heavy (non-hydrogen) atoms. The van der Waals surface area contributed by atoms with Crippen LogP contribution in [0.3, 0.4) is 0 Å². The first-order valence-electron chi connectivity index (χ1n) is 12.8. The number of hydrogen-bond acceptors (Lipinski definition) is 6. The zero-order valence-corrected chi connectivity index (χ0v) is 21.8. The van der Waals surface area contributed by atoms with Crippen LogP contribution in [0.15, 0.2) is 67.3 Å². The van der Waals surface area contributed by atoms with Crippen molar-refractivity contribution in [3.05, 3.63) is 72.8 Å². The Hall–Kier alpha value is -4.24. The van der Waals surface area contributed by atoms with Crippen LogP contribution in [0, 0.1) is 0 Å². The third-order valence-corrected chi connectivity index (χ3v) is 6.40. The van der Waals surface area contributed by atoms with Gasteiger partial charge < -0.3 is 20.4 Å². The number of benzene rings is 1. The molecule has 3 N–H and O–H groups in total. The standard InChI is InChI=1S/C29H32N6O3/c1-29(2,3)38-28(37)35(21-12-8-14-31-16-21)25-22(19-9-5-4-6-10-19)17-32-26-24(25)23(18-33-26)34-27(36)20-11-7-13-30-15-20/h4-7,9-11,13,15,17-18,21,31H,8,12,14,16H2,1-3H3,(H,32,33)(H,34,36)/t21-/m1/s1. The van der Waals surface area contributed by atoms with E-state index in [1.165, 1.54) is 6.20 Å². The maximum absolute atomic E-state index is 13.9. The fourth-order valence-electron chi connectivity index (χ4n) is 4.74. The number of nitrogens with one attached hydrogen (secondary N) is 3. The fraction of sp³-hybridized carbons (Fsp3) is 0.310. The summed E-state index contributed by atoms with van der Waals surface area (Å²) < 4.78 is 5.95. The molecule has 3 aromatic heterocycles. The number of nitrogens with zero attached hydrogens (tertiary/aromatic N) is 3. The molecule has 2 amide bonds. The SMILES string of the molecule is CC(C)(C)OC(=O)N(c1c(-c2ccccc2)cnc2[nH]cc(NC(=O)c3cccnc3)c12)[C@@H]1CCCNC1. The zero-order chi connectivity index (χ0) is 26.7. The zero-order valence-electron chi connectivity index (χ0n) is 21.8. The lowest BCUT2D eigenvalue weighted by atomic mass is 9.99. The molecule has 0 unspecified atom stereocenters. The van der Waals surface area contributed by atoms with Gasteiger partial charge in [0.15, 0.2) is 0 Å². The molecular formula is C29H32N6O3. The Balaban J connectivity index is 1.72. The van der Waals surface area contributed by atoms with Crippen LogP contribution in [0.25, 0.3) is 22.2 Å². The predicted octanol–water partition coefficient (Wildman–Crippen LogP) is 5.37. The van der Waals surface area contributed by atoms with E-state index in [-0.39, 0.29) is 11.9 Å². The number of hydrogen-bond donors (Lipinski definition) is 3. The molecule has 0 bridgehead atoms. The smallest absolute Gasteiger partial charge is 0.415 e. The molecule has 4 aromatic rings. The van der Waals surface area contributed by atoms with Gasteiger partial charge >= 0.3 is 6.09 Å². The minimum Gasteiger partial charge on any atom is -0.443 e. The average molecular weight is 513 g/mol. The van der Waals surface area contributed by atoms with Gasteiger partial charge in [-0.3, -0.25) is 14.7 Å². The fourth-order valence-corrected chi connectivity index (χ4v) is 4.74. The molecule has 196 valence electrons. The number of pyridine rings is 2. The third-order valence-electron chi connectivity index (χ3n) is 6.40. The molecular weight excluding hydrogens is 480 g/mol. The molecule has 1 aliphatic heterocycles. The van der Waals surface area contributed by atoms with E-state index in [0.29, 0.717) is 34.5 Å². The van der Waals surface area contributed by atoms with Gasteiger partial charge in [0.2, 0.25) is 0 Å². The summed E-state index contributed by atoms with van der Waals surface area (Å²) in [5.41, 5.74) is 3.13. The van der Waals surface area contributed by atoms with Crippen LogP contribution < -0.4 is 15.5 Å². The van der Waals surface area contributed by atoms with Gasteiger partial charge in [-0.05, 0) is 57.9 Å². The van der Waals surface area contributed by atoms with Crippen molar-refractivity contribution in [1.29, 1.82) is 0 Å². The molecule has 5 rings (SSSR count). The Bertz CT molecular complexity index is 1420.